The lowest BCUT2D eigenvalue weighted by molar-refractivity contribution is -0.141. The molecule has 0 radical (unpaired) electrons. The maximum Gasteiger partial charge on any atom is 0.311 e. The highest BCUT2D eigenvalue weighted by molar-refractivity contribution is 5.85. The van der Waals surface area contributed by atoms with Crippen LogP contribution in [0, 0.1) is 17.7 Å². The van der Waals surface area contributed by atoms with E-state index in [1.807, 2.05) is 56.4 Å². The molecule has 2 unspecified atom stereocenters. The van der Waals surface area contributed by atoms with Crippen molar-refractivity contribution in [1.29, 1.82) is 0 Å². The number of carbonyl (C=O) groups is 1. The smallest absolute Gasteiger partial charge is 0.311 e. The fraction of sp³-hybridized carbons (Fsp3) is 0.214. The van der Waals surface area contributed by atoms with Crippen molar-refractivity contribution < 1.29 is 24.1 Å². The average Bonchev–Trinajstić information content (AvgIpc) is 3.21. The zero-order valence-corrected chi connectivity index (χ0v) is 19.7. The number of aliphatic hydroxyl groups excluding tert-OH is 1. The Balaban J connectivity index is 1.81. The zero-order valence-electron chi connectivity index (χ0n) is 19.7. The Hall–Kier alpha value is -3.97. The van der Waals surface area contributed by atoms with Crippen molar-refractivity contribution in [3.63, 3.8) is 0 Å². The van der Waals surface area contributed by atoms with Gasteiger partial charge in [0.05, 0.1) is 23.6 Å². The highest BCUT2D eigenvalue weighted by Crippen LogP contribution is 2.28. The lowest BCUT2D eigenvalue weighted by atomic mass is 9.89. The van der Waals surface area contributed by atoms with Crippen LogP contribution in [-0.2, 0) is 4.79 Å². The first-order chi connectivity index (χ1) is 16.9. The van der Waals surface area contributed by atoms with Crippen LogP contribution in [0.3, 0.4) is 0 Å². The molecule has 0 saturated heterocycles. The molecule has 2 atom stereocenters. The van der Waals surface area contributed by atoms with E-state index in [4.69, 9.17) is 9.84 Å². The van der Waals surface area contributed by atoms with Crippen molar-refractivity contribution in [2.24, 2.45) is 11.8 Å². The van der Waals surface area contributed by atoms with E-state index in [1.54, 1.807) is 36.4 Å². The molecular formula is C28H29FN2O4. The second kappa shape index (κ2) is 12.5. The van der Waals surface area contributed by atoms with E-state index in [1.165, 1.54) is 6.07 Å². The van der Waals surface area contributed by atoms with Gasteiger partial charge in [0, 0.05) is 11.6 Å². The number of hydrogen-bond acceptors (Lipinski definition) is 4. The molecule has 0 spiro atoms. The van der Waals surface area contributed by atoms with Crippen LogP contribution < -0.4 is 4.74 Å². The van der Waals surface area contributed by atoms with E-state index in [2.05, 4.69) is 9.97 Å². The molecule has 6 nitrogen and oxygen atoms in total. The summed E-state index contributed by atoms with van der Waals surface area (Å²) < 4.78 is 20.7. The summed E-state index contributed by atoms with van der Waals surface area (Å²) in [5.41, 5.74) is 2.09. The van der Waals surface area contributed by atoms with Crippen LogP contribution >= 0.6 is 0 Å². The minimum absolute atomic E-state index is 0.00846. The number of nitrogens with zero attached hydrogens (tertiary/aromatic N) is 1. The molecule has 1 heterocycles. The minimum Gasteiger partial charge on any atom is -0.481 e. The van der Waals surface area contributed by atoms with Gasteiger partial charge in [-0.25, -0.2) is 4.39 Å². The van der Waals surface area contributed by atoms with Crippen molar-refractivity contribution in [1.82, 2.24) is 9.97 Å². The summed E-state index contributed by atoms with van der Waals surface area (Å²) in [4.78, 5) is 18.8. The van der Waals surface area contributed by atoms with Crippen LogP contribution in [0.15, 0.2) is 90.8 Å². The zero-order chi connectivity index (χ0) is 25.2. The highest BCUT2D eigenvalue weighted by Gasteiger charge is 2.25. The number of aliphatic carboxylic acids is 1. The molecule has 1 aromatic carbocycles. The number of carboxylic acids is 1. The maximum atomic E-state index is 15.0. The third kappa shape index (κ3) is 7.01. The number of aromatic nitrogens is 2. The van der Waals surface area contributed by atoms with Crippen molar-refractivity contribution in [2.45, 2.75) is 20.3 Å². The molecule has 0 amide bonds. The molecule has 1 aliphatic rings. The second-order valence-electron chi connectivity index (χ2n) is 7.97. The molecule has 35 heavy (non-hydrogen) atoms. The highest BCUT2D eigenvalue weighted by atomic mass is 19.1. The van der Waals surface area contributed by atoms with Gasteiger partial charge < -0.3 is 19.9 Å². The van der Waals surface area contributed by atoms with E-state index in [-0.39, 0.29) is 18.5 Å². The lowest BCUT2D eigenvalue weighted by Gasteiger charge is -2.18. The SMILES string of the molecule is C\C=C/C(=C\C=C\C/C=C\C=C/CO)c1cc2nc(OC3=CC(C(=O)O)C(C)C=C3)[nH]c2cc1F. The fourth-order valence-corrected chi connectivity index (χ4v) is 3.54. The van der Waals surface area contributed by atoms with Gasteiger partial charge in [0.1, 0.15) is 11.6 Å². The summed E-state index contributed by atoms with van der Waals surface area (Å²) in [6.07, 6.45) is 22.2. The van der Waals surface area contributed by atoms with Crippen molar-refractivity contribution in [2.75, 3.05) is 6.61 Å². The van der Waals surface area contributed by atoms with Gasteiger partial charge in [0.25, 0.3) is 6.01 Å². The largest absolute Gasteiger partial charge is 0.481 e. The summed E-state index contributed by atoms with van der Waals surface area (Å²) >= 11 is 0. The number of carboxylic acid groups (broad SMARTS) is 1. The van der Waals surface area contributed by atoms with Crippen molar-refractivity contribution in [3.8, 4) is 6.01 Å². The van der Waals surface area contributed by atoms with E-state index in [9.17, 15) is 14.3 Å². The standard InChI is InChI=1S/C28H29FN2O4/c1-3-11-20(12-9-7-5-4-6-8-10-15-32)23-17-25-26(18-24(23)29)31-28(30-25)35-21-14-13-19(2)22(16-21)27(33)34/h3-4,6-14,16-19,22,32H,5,15H2,1-2H3,(H,30,31)(H,33,34)/b6-4-,9-7+,10-8-,11-3-,20-12+. The predicted octanol–water partition coefficient (Wildman–Crippen LogP) is 5.88. The molecule has 1 aliphatic carbocycles. The van der Waals surface area contributed by atoms with E-state index < -0.39 is 17.7 Å². The third-order valence-corrected chi connectivity index (χ3v) is 5.35. The average molecular weight is 477 g/mol. The van der Waals surface area contributed by atoms with Gasteiger partial charge in [0.15, 0.2) is 0 Å². The predicted molar refractivity (Wildman–Crippen MR) is 136 cm³/mol. The number of hydrogen-bond donors (Lipinski definition) is 3. The summed E-state index contributed by atoms with van der Waals surface area (Å²) in [5, 5.41) is 18.1. The van der Waals surface area contributed by atoms with Crippen LogP contribution in [0.25, 0.3) is 16.6 Å². The van der Waals surface area contributed by atoms with E-state index >= 15 is 0 Å². The minimum atomic E-state index is -0.925. The Kier molecular flexibility index (Phi) is 9.15. The number of fused-ring (bicyclic) bond motifs is 1. The summed E-state index contributed by atoms with van der Waals surface area (Å²) in [6, 6.07) is 3.18. The third-order valence-electron chi connectivity index (χ3n) is 5.35. The number of nitrogens with one attached hydrogen (secondary N) is 1. The number of aliphatic hydroxyl groups is 1. The van der Waals surface area contributed by atoms with Crippen LogP contribution in [0.5, 0.6) is 6.01 Å². The number of aromatic amines is 1. The van der Waals surface area contributed by atoms with Crippen molar-refractivity contribution in [3.05, 3.63) is 102 Å². The van der Waals surface area contributed by atoms with Crippen LogP contribution in [0.2, 0.25) is 0 Å². The lowest BCUT2D eigenvalue weighted by Crippen LogP contribution is -2.21. The number of rotatable bonds is 10. The maximum absolute atomic E-state index is 15.0. The summed E-state index contributed by atoms with van der Waals surface area (Å²) in [6.45, 7) is 3.70. The summed E-state index contributed by atoms with van der Waals surface area (Å²) in [7, 11) is 0. The van der Waals surface area contributed by atoms with Gasteiger partial charge in [-0.3, -0.25) is 4.79 Å². The van der Waals surface area contributed by atoms with Crippen LogP contribution in [0.1, 0.15) is 25.8 Å². The van der Waals surface area contributed by atoms with E-state index in [0.717, 1.165) is 0 Å². The number of imidazole rings is 1. The first-order valence-electron chi connectivity index (χ1n) is 11.3. The fourth-order valence-electron chi connectivity index (χ4n) is 3.54. The normalized spacial score (nSPS) is 19.1. The number of allylic oxidation sites excluding steroid dienone is 11. The topological polar surface area (TPSA) is 95.4 Å². The molecule has 0 aliphatic heterocycles. The molecule has 182 valence electrons. The Morgan fingerprint density at radius 1 is 1.23 bits per heavy atom. The molecule has 0 fully saturated rings. The molecule has 3 N–H and O–H groups in total. The summed E-state index contributed by atoms with van der Waals surface area (Å²) in [5.74, 6) is -1.78. The number of H-pyrrole nitrogens is 1. The molecule has 1 aromatic heterocycles. The monoisotopic (exact) mass is 476 g/mol. The molecule has 0 saturated carbocycles. The number of ether oxygens (including phenoxy) is 1. The molecular weight excluding hydrogens is 447 g/mol. The Morgan fingerprint density at radius 2 is 2.00 bits per heavy atom. The molecule has 7 heteroatoms. The Labute approximate surface area is 203 Å². The molecule has 0 bridgehead atoms. The Bertz CT molecular complexity index is 1260. The van der Waals surface area contributed by atoms with Crippen LogP contribution in [-0.4, -0.2) is 32.8 Å². The quantitative estimate of drug-likeness (QED) is 0.372. The van der Waals surface area contributed by atoms with Gasteiger partial charge in [-0.05, 0) is 43.1 Å². The molecule has 2 aromatic rings. The second-order valence-corrected chi connectivity index (χ2v) is 7.97. The number of benzene rings is 1. The van der Waals surface area contributed by atoms with Crippen molar-refractivity contribution >= 4 is 22.6 Å². The van der Waals surface area contributed by atoms with Gasteiger partial charge in [-0.2, -0.15) is 4.98 Å². The molecule has 3 rings (SSSR count). The first kappa shape index (κ1) is 25.6. The number of halogens is 1. The van der Waals surface area contributed by atoms with Gasteiger partial charge >= 0.3 is 5.97 Å². The van der Waals surface area contributed by atoms with Gasteiger partial charge in [0.2, 0.25) is 0 Å². The van der Waals surface area contributed by atoms with E-state index in [0.29, 0.717) is 34.3 Å². The van der Waals surface area contributed by atoms with Gasteiger partial charge in [-0.15, -0.1) is 0 Å². The van der Waals surface area contributed by atoms with Gasteiger partial charge in [-0.1, -0.05) is 67.7 Å². The first-order valence-corrected chi connectivity index (χ1v) is 11.3. The van der Waals surface area contributed by atoms with Crippen LogP contribution in [0.4, 0.5) is 4.39 Å². The Morgan fingerprint density at radius 3 is 2.74 bits per heavy atom.